The Balaban J connectivity index is 1.57. The third kappa shape index (κ3) is 4.45. The van der Waals surface area contributed by atoms with Crippen LogP contribution in [0.15, 0.2) is 54.3 Å². The van der Waals surface area contributed by atoms with Crippen LogP contribution in [0.5, 0.6) is 0 Å². The largest absolute Gasteiger partial charge is 0.348 e. The zero-order valence-electron chi connectivity index (χ0n) is 13.3. The molecule has 3 aromatic rings. The molecule has 1 N–H and O–H groups in total. The van der Waals surface area contributed by atoms with Gasteiger partial charge in [-0.05, 0) is 12.5 Å². The minimum atomic E-state index is -0.151. The molecule has 2 heterocycles. The maximum Gasteiger partial charge on any atom is 0.270 e. The molecule has 6 heteroatoms. The van der Waals surface area contributed by atoms with E-state index < -0.39 is 0 Å². The fourth-order valence-electron chi connectivity index (χ4n) is 2.36. The van der Waals surface area contributed by atoms with E-state index in [0.29, 0.717) is 12.1 Å². The quantitative estimate of drug-likeness (QED) is 0.750. The molecule has 3 rings (SSSR count). The molecule has 1 atom stereocenters. The van der Waals surface area contributed by atoms with E-state index in [0.717, 1.165) is 17.1 Å². The Morgan fingerprint density at radius 2 is 2.08 bits per heavy atom. The Bertz CT molecular complexity index is 789. The summed E-state index contributed by atoms with van der Waals surface area (Å²) in [4.78, 5) is 25.0. The summed E-state index contributed by atoms with van der Waals surface area (Å²) in [6.07, 6.45) is 6.38. The van der Waals surface area contributed by atoms with Crippen LogP contribution in [-0.2, 0) is 12.8 Å². The van der Waals surface area contributed by atoms with E-state index in [1.807, 2.05) is 30.5 Å². The highest BCUT2D eigenvalue weighted by atomic mass is 32.1. The van der Waals surface area contributed by atoms with Gasteiger partial charge in [-0.2, -0.15) is 0 Å². The van der Waals surface area contributed by atoms with Crippen molar-refractivity contribution < 1.29 is 4.79 Å². The van der Waals surface area contributed by atoms with Crippen molar-refractivity contribution in [2.45, 2.75) is 25.8 Å². The molecule has 24 heavy (non-hydrogen) atoms. The number of hydrogen-bond acceptors (Lipinski definition) is 5. The van der Waals surface area contributed by atoms with Crippen molar-refractivity contribution >= 4 is 17.2 Å². The van der Waals surface area contributed by atoms with E-state index in [1.165, 1.54) is 16.9 Å². The number of rotatable bonds is 6. The van der Waals surface area contributed by atoms with Crippen LogP contribution in [0.4, 0.5) is 0 Å². The fourth-order valence-corrected chi connectivity index (χ4v) is 3.17. The van der Waals surface area contributed by atoms with E-state index in [9.17, 15) is 4.79 Å². The maximum atomic E-state index is 12.3. The SMILES string of the molecule is C[C@H](Cc1cnccn1)NC(=O)c1csc(Cc2ccccc2)n1. The molecule has 0 spiro atoms. The molecule has 1 aromatic carbocycles. The highest BCUT2D eigenvalue weighted by Gasteiger charge is 2.14. The van der Waals surface area contributed by atoms with Gasteiger partial charge in [0.15, 0.2) is 0 Å². The lowest BCUT2D eigenvalue weighted by molar-refractivity contribution is 0.0935. The molecule has 0 aliphatic rings. The maximum absolute atomic E-state index is 12.3. The number of aromatic nitrogens is 3. The summed E-state index contributed by atoms with van der Waals surface area (Å²) in [6.45, 7) is 1.95. The lowest BCUT2D eigenvalue weighted by Crippen LogP contribution is -2.34. The van der Waals surface area contributed by atoms with Gasteiger partial charge in [0, 0.05) is 42.9 Å². The molecule has 0 aliphatic carbocycles. The third-order valence-electron chi connectivity index (χ3n) is 3.49. The molecule has 5 nitrogen and oxygen atoms in total. The van der Waals surface area contributed by atoms with Crippen LogP contribution in [0.2, 0.25) is 0 Å². The summed E-state index contributed by atoms with van der Waals surface area (Å²) in [5, 5.41) is 5.71. The topological polar surface area (TPSA) is 67.8 Å². The van der Waals surface area contributed by atoms with Crippen molar-refractivity contribution in [1.29, 1.82) is 0 Å². The molecule has 2 aromatic heterocycles. The van der Waals surface area contributed by atoms with Gasteiger partial charge in [0.2, 0.25) is 0 Å². The highest BCUT2D eigenvalue weighted by Crippen LogP contribution is 2.15. The van der Waals surface area contributed by atoms with E-state index >= 15 is 0 Å². The van der Waals surface area contributed by atoms with Crippen LogP contribution in [0.3, 0.4) is 0 Å². The van der Waals surface area contributed by atoms with Crippen LogP contribution < -0.4 is 5.32 Å². The summed E-state index contributed by atoms with van der Waals surface area (Å²) in [5.41, 5.74) is 2.51. The second-order valence-corrected chi connectivity index (χ2v) is 6.51. The molecule has 0 aliphatic heterocycles. The Morgan fingerprint density at radius 3 is 2.83 bits per heavy atom. The molecule has 1 amide bonds. The number of hydrogen-bond donors (Lipinski definition) is 1. The Morgan fingerprint density at radius 1 is 1.25 bits per heavy atom. The zero-order chi connectivity index (χ0) is 16.8. The molecule has 0 saturated heterocycles. The Hall–Kier alpha value is -2.60. The van der Waals surface area contributed by atoms with Crippen LogP contribution in [-0.4, -0.2) is 26.9 Å². The van der Waals surface area contributed by atoms with Gasteiger partial charge in [-0.15, -0.1) is 11.3 Å². The molecule has 0 bridgehead atoms. The first kappa shape index (κ1) is 16.3. The van der Waals surface area contributed by atoms with E-state index in [4.69, 9.17) is 0 Å². The van der Waals surface area contributed by atoms with Gasteiger partial charge in [0.1, 0.15) is 5.69 Å². The van der Waals surface area contributed by atoms with E-state index in [1.54, 1.807) is 18.6 Å². The summed E-state index contributed by atoms with van der Waals surface area (Å²) in [7, 11) is 0. The van der Waals surface area contributed by atoms with Crippen LogP contribution in [0.1, 0.15) is 33.7 Å². The van der Waals surface area contributed by atoms with Gasteiger partial charge < -0.3 is 5.32 Å². The van der Waals surface area contributed by atoms with Crippen LogP contribution in [0.25, 0.3) is 0 Å². The number of benzene rings is 1. The predicted molar refractivity (Wildman–Crippen MR) is 94.0 cm³/mol. The van der Waals surface area contributed by atoms with Gasteiger partial charge in [-0.25, -0.2) is 4.98 Å². The molecular weight excluding hydrogens is 320 g/mol. The van der Waals surface area contributed by atoms with Gasteiger partial charge in [0.25, 0.3) is 5.91 Å². The molecule has 122 valence electrons. The highest BCUT2D eigenvalue weighted by molar-refractivity contribution is 7.09. The average molecular weight is 338 g/mol. The lowest BCUT2D eigenvalue weighted by Gasteiger charge is -2.12. The molecule has 0 unspecified atom stereocenters. The molecule has 0 saturated carbocycles. The number of carbonyl (C=O) groups is 1. The molecule has 0 radical (unpaired) electrons. The second-order valence-electron chi connectivity index (χ2n) is 5.56. The summed E-state index contributed by atoms with van der Waals surface area (Å²) < 4.78 is 0. The van der Waals surface area contributed by atoms with Crippen molar-refractivity contribution in [2.24, 2.45) is 0 Å². The smallest absolute Gasteiger partial charge is 0.270 e. The average Bonchev–Trinajstić information content (AvgIpc) is 3.05. The Kier molecular flexibility index (Phi) is 5.28. The first-order valence-corrected chi connectivity index (χ1v) is 8.63. The fraction of sp³-hybridized carbons (Fsp3) is 0.222. The molecular formula is C18H18N4OS. The molecule has 0 fully saturated rings. The minimum Gasteiger partial charge on any atom is -0.348 e. The third-order valence-corrected chi connectivity index (χ3v) is 4.34. The first-order chi connectivity index (χ1) is 11.7. The van der Waals surface area contributed by atoms with Crippen LogP contribution in [0, 0.1) is 0 Å². The number of thiazole rings is 1. The number of nitrogens with zero attached hydrogens (tertiary/aromatic N) is 3. The zero-order valence-corrected chi connectivity index (χ0v) is 14.2. The van der Waals surface area contributed by atoms with Crippen molar-refractivity contribution in [1.82, 2.24) is 20.3 Å². The van der Waals surface area contributed by atoms with E-state index in [2.05, 4.69) is 32.4 Å². The standard InChI is InChI=1S/C18H18N4OS/c1-13(9-15-11-19-7-8-20-15)21-18(23)16-12-24-17(22-16)10-14-5-3-2-4-6-14/h2-8,11-13H,9-10H2,1H3,(H,21,23)/t13-/m1/s1. The van der Waals surface area contributed by atoms with Crippen molar-refractivity contribution in [3.8, 4) is 0 Å². The van der Waals surface area contributed by atoms with Crippen LogP contribution >= 0.6 is 11.3 Å². The van der Waals surface area contributed by atoms with Gasteiger partial charge in [-0.3, -0.25) is 14.8 Å². The van der Waals surface area contributed by atoms with Gasteiger partial charge in [0.05, 0.1) is 10.7 Å². The number of carbonyl (C=O) groups excluding carboxylic acids is 1. The normalized spacial score (nSPS) is 11.9. The Labute approximate surface area is 144 Å². The summed E-state index contributed by atoms with van der Waals surface area (Å²) in [5.74, 6) is -0.151. The minimum absolute atomic E-state index is 0.0338. The summed E-state index contributed by atoms with van der Waals surface area (Å²) >= 11 is 1.51. The van der Waals surface area contributed by atoms with Crippen molar-refractivity contribution in [3.05, 3.63) is 76.3 Å². The van der Waals surface area contributed by atoms with Crippen molar-refractivity contribution in [2.75, 3.05) is 0 Å². The van der Waals surface area contributed by atoms with Crippen molar-refractivity contribution in [3.63, 3.8) is 0 Å². The number of amides is 1. The number of nitrogens with one attached hydrogen (secondary N) is 1. The van der Waals surface area contributed by atoms with Gasteiger partial charge >= 0.3 is 0 Å². The van der Waals surface area contributed by atoms with Gasteiger partial charge in [-0.1, -0.05) is 30.3 Å². The van der Waals surface area contributed by atoms with E-state index in [-0.39, 0.29) is 11.9 Å². The predicted octanol–water partition coefficient (Wildman–Crippen LogP) is 2.88. The monoisotopic (exact) mass is 338 g/mol. The summed E-state index contributed by atoms with van der Waals surface area (Å²) in [6, 6.07) is 10.1. The second kappa shape index (κ2) is 7.79. The first-order valence-electron chi connectivity index (χ1n) is 7.75. The lowest BCUT2D eigenvalue weighted by atomic mass is 10.2.